The van der Waals surface area contributed by atoms with Gasteiger partial charge in [0, 0.05) is 0 Å². The lowest BCUT2D eigenvalue weighted by Crippen LogP contribution is -2.13. The maximum atomic E-state index is 13.3. The zero-order chi connectivity index (χ0) is 13.1. The van der Waals surface area contributed by atoms with Crippen LogP contribution in [0.1, 0.15) is 25.0 Å². The molecule has 0 unspecified atom stereocenters. The second-order valence-electron chi connectivity index (χ2n) is 3.58. The van der Waals surface area contributed by atoms with Crippen molar-refractivity contribution < 1.29 is 27.4 Å². The molecular formula is C11H12F4O2. The monoisotopic (exact) mass is 252 g/mol. The van der Waals surface area contributed by atoms with Crippen molar-refractivity contribution in [2.45, 2.75) is 25.6 Å². The summed E-state index contributed by atoms with van der Waals surface area (Å²) in [5.41, 5.74) is 0.339. The fourth-order valence-electron chi connectivity index (χ4n) is 1.17. The number of hydrogen-bond donors (Lipinski definition) is 1. The van der Waals surface area contributed by atoms with E-state index in [1.165, 1.54) is 19.1 Å². The minimum atomic E-state index is -4.32. The largest absolute Gasteiger partial charge is 0.490 e. The third kappa shape index (κ3) is 4.60. The lowest BCUT2D eigenvalue weighted by Gasteiger charge is -2.11. The molecule has 0 radical (unpaired) electrons. The van der Waals surface area contributed by atoms with E-state index in [1.807, 2.05) is 0 Å². The fourth-order valence-corrected chi connectivity index (χ4v) is 1.17. The van der Waals surface area contributed by atoms with Crippen LogP contribution in [0.5, 0.6) is 5.75 Å². The first kappa shape index (κ1) is 13.8. The highest BCUT2D eigenvalue weighted by molar-refractivity contribution is 5.30. The van der Waals surface area contributed by atoms with Crippen molar-refractivity contribution in [2.24, 2.45) is 0 Å². The summed E-state index contributed by atoms with van der Waals surface area (Å²) < 4.78 is 53.5. The van der Waals surface area contributed by atoms with Crippen LogP contribution in [0.3, 0.4) is 0 Å². The van der Waals surface area contributed by atoms with Crippen molar-refractivity contribution in [2.75, 3.05) is 6.61 Å². The van der Waals surface area contributed by atoms with E-state index >= 15 is 0 Å². The van der Waals surface area contributed by atoms with Crippen molar-refractivity contribution in [3.8, 4) is 5.75 Å². The molecule has 0 saturated carbocycles. The molecule has 1 rings (SSSR count). The molecule has 6 heteroatoms. The molecule has 1 aromatic rings. The minimum Gasteiger partial charge on any atom is -0.490 e. The smallest absolute Gasteiger partial charge is 0.392 e. The van der Waals surface area contributed by atoms with Crippen LogP contribution in [0.15, 0.2) is 18.2 Å². The summed E-state index contributed by atoms with van der Waals surface area (Å²) in [4.78, 5) is 0. The molecule has 96 valence electrons. The zero-order valence-electron chi connectivity index (χ0n) is 9.09. The standard InChI is InChI=1S/C11H12F4O2/c1-7(16)8-2-3-10(9(12)6-8)17-5-4-11(13,14)15/h2-3,6-7,16H,4-5H2,1H3/t7-/m1/s1. The van der Waals surface area contributed by atoms with Gasteiger partial charge in [0.05, 0.1) is 19.1 Å². The van der Waals surface area contributed by atoms with Gasteiger partial charge in [0.2, 0.25) is 0 Å². The summed E-state index contributed by atoms with van der Waals surface area (Å²) in [5.74, 6) is -1.04. The highest BCUT2D eigenvalue weighted by Crippen LogP contribution is 2.24. The van der Waals surface area contributed by atoms with Crippen LogP contribution >= 0.6 is 0 Å². The number of aliphatic hydroxyl groups is 1. The van der Waals surface area contributed by atoms with E-state index in [9.17, 15) is 17.6 Å². The number of benzene rings is 1. The van der Waals surface area contributed by atoms with Crippen molar-refractivity contribution >= 4 is 0 Å². The number of alkyl halides is 3. The topological polar surface area (TPSA) is 29.5 Å². The Balaban J connectivity index is 2.61. The maximum Gasteiger partial charge on any atom is 0.392 e. The summed E-state index contributed by atoms with van der Waals surface area (Å²) in [6.45, 7) is 0.827. The molecule has 17 heavy (non-hydrogen) atoms. The summed E-state index contributed by atoms with van der Waals surface area (Å²) in [7, 11) is 0. The second-order valence-corrected chi connectivity index (χ2v) is 3.58. The molecule has 0 aliphatic rings. The van der Waals surface area contributed by atoms with E-state index in [4.69, 9.17) is 5.11 Å². The predicted molar refractivity (Wildman–Crippen MR) is 53.2 cm³/mol. The Labute approximate surface area is 95.8 Å². The van der Waals surface area contributed by atoms with Crippen LogP contribution in [0, 0.1) is 5.82 Å². The Hall–Kier alpha value is -1.30. The maximum absolute atomic E-state index is 13.3. The molecule has 0 aliphatic heterocycles. The number of halogens is 4. The highest BCUT2D eigenvalue weighted by Gasteiger charge is 2.27. The Morgan fingerprint density at radius 1 is 1.35 bits per heavy atom. The van der Waals surface area contributed by atoms with Crippen LogP contribution in [-0.2, 0) is 0 Å². The zero-order valence-corrected chi connectivity index (χ0v) is 9.09. The second kappa shape index (κ2) is 5.35. The molecule has 0 aliphatic carbocycles. The summed E-state index contributed by atoms with van der Waals surface area (Å²) in [5, 5.41) is 9.17. The van der Waals surface area contributed by atoms with Crippen molar-refractivity contribution in [3.05, 3.63) is 29.6 Å². The van der Waals surface area contributed by atoms with Gasteiger partial charge in [-0.1, -0.05) is 6.07 Å². The molecule has 0 aromatic heterocycles. The third-order valence-electron chi connectivity index (χ3n) is 2.08. The Kier molecular flexibility index (Phi) is 4.34. The average Bonchev–Trinajstić information content (AvgIpc) is 2.18. The number of ether oxygens (including phenoxy) is 1. The van der Waals surface area contributed by atoms with Crippen molar-refractivity contribution in [1.29, 1.82) is 0 Å². The molecule has 1 atom stereocenters. The molecule has 2 nitrogen and oxygen atoms in total. The molecule has 0 heterocycles. The van der Waals surface area contributed by atoms with Gasteiger partial charge in [-0.15, -0.1) is 0 Å². The molecule has 0 saturated heterocycles. The molecule has 1 N–H and O–H groups in total. The summed E-state index contributed by atoms with van der Waals surface area (Å²) >= 11 is 0. The Morgan fingerprint density at radius 2 is 2.00 bits per heavy atom. The van der Waals surface area contributed by atoms with Crippen LogP contribution in [0.25, 0.3) is 0 Å². The van der Waals surface area contributed by atoms with E-state index in [0.717, 1.165) is 6.07 Å². The van der Waals surface area contributed by atoms with Gasteiger partial charge in [-0.2, -0.15) is 13.2 Å². The van der Waals surface area contributed by atoms with Gasteiger partial charge < -0.3 is 9.84 Å². The van der Waals surface area contributed by atoms with E-state index in [2.05, 4.69) is 4.74 Å². The van der Waals surface area contributed by atoms with E-state index in [0.29, 0.717) is 5.56 Å². The summed E-state index contributed by atoms with van der Waals surface area (Å²) in [6, 6.07) is 3.64. The molecular weight excluding hydrogens is 240 g/mol. The van der Waals surface area contributed by atoms with Crippen molar-refractivity contribution in [3.63, 3.8) is 0 Å². The average molecular weight is 252 g/mol. The number of hydrogen-bond acceptors (Lipinski definition) is 2. The van der Waals surface area contributed by atoms with E-state index in [-0.39, 0.29) is 5.75 Å². The highest BCUT2D eigenvalue weighted by atomic mass is 19.4. The quantitative estimate of drug-likeness (QED) is 0.834. The van der Waals surface area contributed by atoms with Crippen LogP contribution in [0.4, 0.5) is 17.6 Å². The first-order chi connectivity index (χ1) is 7.79. The third-order valence-corrected chi connectivity index (χ3v) is 2.08. The van der Waals surface area contributed by atoms with Gasteiger partial charge in [-0.25, -0.2) is 4.39 Å². The first-order valence-corrected chi connectivity index (χ1v) is 4.96. The van der Waals surface area contributed by atoms with Crippen LogP contribution in [-0.4, -0.2) is 17.9 Å². The minimum absolute atomic E-state index is 0.251. The summed E-state index contributed by atoms with van der Waals surface area (Å²) in [6.07, 6.45) is -6.30. The molecule has 0 fully saturated rings. The molecule has 0 amide bonds. The number of aliphatic hydroxyl groups excluding tert-OH is 1. The Morgan fingerprint density at radius 3 is 2.47 bits per heavy atom. The lowest BCUT2D eigenvalue weighted by molar-refractivity contribution is -0.139. The predicted octanol–water partition coefficient (Wildman–Crippen LogP) is 3.21. The fraction of sp³-hybridized carbons (Fsp3) is 0.455. The first-order valence-electron chi connectivity index (χ1n) is 4.96. The normalized spacial score (nSPS) is 13.5. The van der Waals surface area contributed by atoms with E-state index < -0.39 is 31.1 Å². The van der Waals surface area contributed by atoms with Gasteiger partial charge in [0.25, 0.3) is 0 Å². The molecule has 1 aromatic carbocycles. The molecule has 0 spiro atoms. The van der Waals surface area contributed by atoms with Crippen molar-refractivity contribution in [1.82, 2.24) is 0 Å². The van der Waals surface area contributed by atoms with Crippen LogP contribution < -0.4 is 4.74 Å². The molecule has 0 bridgehead atoms. The van der Waals surface area contributed by atoms with Crippen LogP contribution in [0.2, 0.25) is 0 Å². The van der Waals surface area contributed by atoms with Gasteiger partial charge in [0.15, 0.2) is 11.6 Å². The SMILES string of the molecule is C[C@@H](O)c1ccc(OCCC(F)(F)F)c(F)c1. The van der Waals surface area contributed by atoms with Gasteiger partial charge >= 0.3 is 6.18 Å². The Bertz CT molecular complexity index is 374. The van der Waals surface area contributed by atoms with E-state index in [1.54, 1.807) is 0 Å². The lowest BCUT2D eigenvalue weighted by atomic mass is 10.1. The number of rotatable bonds is 4. The van der Waals surface area contributed by atoms with Gasteiger partial charge in [-0.05, 0) is 24.6 Å². The van der Waals surface area contributed by atoms with Gasteiger partial charge in [-0.3, -0.25) is 0 Å². The van der Waals surface area contributed by atoms with Gasteiger partial charge in [0.1, 0.15) is 0 Å².